The smallest absolute Gasteiger partial charge is 0.392 e. The topological polar surface area (TPSA) is 23.5 Å². The van der Waals surface area contributed by atoms with E-state index in [2.05, 4.69) is 5.92 Å². The molecule has 0 radical (unpaired) electrons. The maximum absolute atomic E-state index is 12.9. The molecule has 0 spiro atoms. The van der Waals surface area contributed by atoms with Gasteiger partial charge in [-0.2, -0.15) is 13.2 Å². The van der Waals surface area contributed by atoms with Crippen LogP contribution in [-0.4, -0.2) is 18.2 Å². The zero-order valence-corrected chi connectivity index (χ0v) is 9.96. The van der Waals surface area contributed by atoms with Crippen LogP contribution in [0.3, 0.4) is 0 Å². The molecule has 0 aliphatic carbocycles. The van der Waals surface area contributed by atoms with Gasteiger partial charge in [-0.1, -0.05) is 12.0 Å². The zero-order chi connectivity index (χ0) is 13.8. The third-order valence-corrected chi connectivity index (χ3v) is 2.55. The van der Waals surface area contributed by atoms with E-state index in [1.54, 1.807) is 6.92 Å². The summed E-state index contributed by atoms with van der Waals surface area (Å²) in [7, 11) is 0. The molecule has 0 atom stereocenters. The summed E-state index contributed by atoms with van der Waals surface area (Å²) in [6, 6.07) is 3.76. The minimum atomic E-state index is -4.47. The van der Waals surface area contributed by atoms with Gasteiger partial charge in [0.1, 0.15) is 0 Å². The lowest BCUT2D eigenvalue weighted by molar-refractivity contribution is -0.137. The Bertz CT molecular complexity index is 449. The van der Waals surface area contributed by atoms with Crippen molar-refractivity contribution in [3.05, 3.63) is 29.3 Å². The van der Waals surface area contributed by atoms with E-state index in [9.17, 15) is 13.2 Å². The Hall–Kier alpha value is -1.67. The second-order valence-corrected chi connectivity index (χ2v) is 3.73. The summed E-state index contributed by atoms with van der Waals surface area (Å²) in [4.78, 5) is 1.46. The van der Waals surface area contributed by atoms with Crippen LogP contribution in [0.25, 0.3) is 0 Å². The van der Waals surface area contributed by atoms with Crippen LogP contribution in [0.2, 0.25) is 0 Å². The minimum absolute atomic E-state index is 0.0418. The SMILES string of the molecule is C#CCN(CC)c1ccc(CO)cc1C(F)(F)F. The van der Waals surface area contributed by atoms with Gasteiger partial charge in [0.15, 0.2) is 0 Å². The number of hydrogen-bond acceptors (Lipinski definition) is 2. The van der Waals surface area contributed by atoms with Crippen LogP contribution < -0.4 is 4.90 Å². The number of nitrogens with zero attached hydrogens (tertiary/aromatic N) is 1. The van der Waals surface area contributed by atoms with E-state index in [0.29, 0.717) is 6.54 Å². The first-order valence-corrected chi connectivity index (χ1v) is 5.43. The highest BCUT2D eigenvalue weighted by atomic mass is 19.4. The number of hydrogen-bond donors (Lipinski definition) is 1. The van der Waals surface area contributed by atoms with E-state index in [-0.39, 0.29) is 17.8 Å². The Morgan fingerprint density at radius 1 is 1.39 bits per heavy atom. The van der Waals surface area contributed by atoms with Crippen molar-refractivity contribution in [3.63, 3.8) is 0 Å². The fourth-order valence-corrected chi connectivity index (χ4v) is 1.66. The first-order valence-electron chi connectivity index (χ1n) is 5.43. The van der Waals surface area contributed by atoms with Crippen LogP contribution in [0, 0.1) is 12.3 Å². The van der Waals surface area contributed by atoms with Gasteiger partial charge in [-0.25, -0.2) is 0 Å². The highest BCUT2D eigenvalue weighted by Crippen LogP contribution is 2.37. The molecular formula is C13H14F3NO. The summed E-state index contributed by atoms with van der Waals surface area (Å²) in [6.45, 7) is 1.80. The Kier molecular flexibility index (Phi) is 4.62. The highest BCUT2D eigenvalue weighted by Gasteiger charge is 2.34. The number of aliphatic hydroxyl groups is 1. The molecular weight excluding hydrogens is 243 g/mol. The van der Waals surface area contributed by atoms with Crippen molar-refractivity contribution in [1.82, 2.24) is 0 Å². The molecule has 0 aliphatic heterocycles. The number of alkyl halides is 3. The van der Waals surface area contributed by atoms with Crippen LogP contribution in [0.4, 0.5) is 18.9 Å². The Morgan fingerprint density at radius 3 is 2.50 bits per heavy atom. The summed E-state index contributed by atoms with van der Waals surface area (Å²) >= 11 is 0. The summed E-state index contributed by atoms with van der Waals surface area (Å²) in [5.74, 6) is 2.33. The van der Waals surface area contributed by atoms with Gasteiger partial charge in [0, 0.05) is 12.2 Å². The minimum Gasteiger partial charge on any atom is -0.392 e. The molecule has 2 nitrogen and oxygen atoms in total. The van der Waals surface area contributed by atoms with Crippen molar-refractivity contribution in [2.45, 2.75) is 19.7 Å². The molecule has 0 aromatic heterocycles. The average molecular weight is 257 g/mol. The van der Waals surface area contributed by atoms with E-state index in [1.165, 1.54) is 17.0 Å². The summed E-state index contributed by atoms with van der Waals surface area (Å²) in [5, 5.41) is 8.90. The Morgan fingerprint density at radius 2 is 2.06 bits per heavy atom. The molecule has 0 heterocycles. The number of halogens is 3. The van der Waals surface area contributed by atoms with Crippen molar-refractivity contribution in [2.24, 2.45) is 0 Å². The van der Waals surface area contributed by atoms with Gasteiger partial charge in [-0.3, -0.25) is 0 Å². The van der Waals surface area contributed by atoms with E-state index < -0.39 is 18.3 Å². The molecule has 18 heavy (non-hydrogen) atoms. The van der Waals surface area contributed by atoms with Crippen LogP contribution in [0.1, 0.15) is 18.1 Å². The van der Waals surface area contributed by atoms with Crippen molar-refractivity contribution in [3.8, 4) is 12.3 Å². The first-order chi connectivity index (χ1) is 8.43. The quantitative estimate of drug-likeness (QED) is 0.838. The number of benzene rings is 1. The van der Waals surface area contributed by atoms with Crippen molar-refractivity contribution in [1.29, 1.82) is 0 Å². The van der Waals surface area contributed by atoms with Gasteiger partial charge in [0.05, 0.1) is 18.7 Å². The largest absolute Gasteiger partial charge is 0.418 e. The molecule has 0 saturated carbocycles. The van der Waals surface area contributed by atoms with E-state index >= 15 is 0 Å². The van der Waals surface area contributed by atoms with Crippen molar-refractivity contribution < 1.29 is 18.3 Å². The molecule has 0 fully saturated rings. The number of rotatable bonds is 4. The van der Waals surface area contributed by atoms with E-state index in [1.807, 2.05) is 0 Å². The average Bonchev–Trinajstić information content (AvgIpc) is 2.34. The molecule has 98 valence electrons. The fraction of sp³-hybridized carbons (Fsp3) is 0.385. The molecule has 5 heteroatoms. The molecule has 0 amide bonds. The molecule has 0 unspecified atom stereocenters. The lowest BCUT2D eigenvalue weighted by Gasteiger charge is -2.25. The third kappa shape index (κ3) is 3.17. The first kappa shape index (κ1) is 14.4. The predicted molar refractivity (Wildman–Crippen MR) is 64.1 cm³/mol. The molecule has 1 aromatic carbocycles. The lowest BCUT2D eigenvalue weighted by Crippen LogP contribution is -2.26. The van der Waals surface area contributed by atoms with Crippen LogP contribution >= 0.6 is 0 Å². The number of anilines is 1. The van der Waals surface area contributed by atoms with Gasteiger partial charge in [-0.15, -0.1) is 6.42 Å². The van der Waals surface area contributed by atoms with Crippen LogP contribution in [0.5, 0.6) is 0 Å². The van der Waals surface area contributed by atoms with Crippen molar-refractivity contribution >= 4 is 5.69 Å². The van der Waals surface area contributed by atoms with Crippen LogP contribution in [-0.2, 0) is 12.8 Å². The van der Waals surface area contributed by atoms with E-state index in [4.69, 9.17) is 11.5 Å². The molecule has 0 bridgehead atoms. The normalized spacial score (nSPS) is 11.1. The maximum atomic E-state index is 12.9. The fourth-order valence-electron chi connectivity index (χ4n) is 1.66. The number of terminal acetylenes is 1. The second-order valence-electron chi connectivity index (χ2n) is 3.73. The van der Waals surface area contributed by atoms with E-state index in [0.717, 1.165) is 6.07 Å². The van der Waals surface area contributed by atoms with Gasteiger partial charge in [0.2, 0.25) is 0 Å². The van der Waals surface area contributed by atoms with Gasteiger partial charge in [0.25, 0.3) is 0 Å². The molecule has 1 aromatic rings. The Labute approximate surface area is 104 Å². The van der Waals surface area contributed by atoms with Crippen LogP contribution in [0.15, 0.2) is 18.2 Å². The highest BCUT2D eigenvalue weighted by molar-refractivity contribution is 5.57. The molecule has 0 saturated heterocycles. The summed E-state index contributed by atoms with van der Waals surface area (Å²) in [6.07, 6.45) is 0.675. The van der Waals surface area contributed by atoms with Gasteiger partial charge in [-0.05, 0) is 24.6 Å². The zero-order valence-electron chi connectivity index (χ0n) is 9.96. The third-order valence-electron chi connectivity index (χ3n) is 2.55. The predicted octanol–water partition coefficient (Wildman–Crippen LogP) is 2.66. The van der Waals surface area contributed by atoms with Crippen molar-refractivity contribution in [2.75, 3.05) is 18.0 Å². The monoisotopic (exact) mass is 257 g/mol. The molecule has 1 N–H and O–H groups in total. The molecule has 0 aliphatic rings. The standard InChI is InChI=1S/C13H14F3NO/c1-3-7-17(4-2)12-6-5-10(9-18)8-11(12)13(14,15)16/h1,5-6,8,18H,4,7,9H2,2H3. The summed E-state index contributed by atoms with van der Waals surface area (Å²) in [5.41, 5.74) is -0.505. The van der Waals surface area contributed by atoms with Gasteiger partial charge >= 0.3 is 6.18 Å². The Balaban J connectivity index is 3.30. The van der Waals surface area contributed by atoms with Gasteiger partial charge < -0.3 is 10.0 Å². The lowest BCUT2D eigenvalue weighted by atomic mass is 10.1. The molecule has 1 rings (SSSR count). The summed E-state index contributed by atoms with van der Waals surface area (Å²) < 4.78 is 38.8. The number of aliphatic hydroxyl groups excluding tert-OH is 1. The maximum Gasteiger partial charge on any atom is 0.418 e. The second kappa shape index (κ2) is 5.78.